The molecule has 4 nitrogen and oxygen atoms in total. The van der Waals surface area contributed by atoms with Crippen molar-refractivity contribution in [2.45, 2.75) is 19.4 Å². The van der Waals surface area contributed by atoms with Crippen molar-refractivity contribution < 1.29 is 14.6 Å². The van der Waals surface area contributed by atoms with Crippen molar-refractivity contribution in [1.29, 1.82) is 0 Å². The van der Waals surface area contributed by atoms with E-state index in [-0.39, 0.29) is 12.3 Å². The van der Waals surface area contributed by atoms with Crippen LogP contribution in [-0.2, 0) is 4.79 Å². The third-order valence-electron chi connectivity index (χ3n) is 3.02. The van der Waals surface area contributed by atoms with Gasteiger partial charge in [0.05, 0.1) is 24.8 Å². The molecule has 4 heteroatoms. The number of anilines is 1. The fraction of sp³-hybridized carbons (Fsp3) is 0.235. The van der Waals surface area contributed by atoms with Crippen LogP contribution < -0.4 is 10.1 Å². The molecule has 0 spiro atoms. The average molecular weight is 285 g/mol. The van der Waals surface area contributed by atoms with Gasteiger partial charge in [-0.2, -0.15) is 0 Å². The number of carbonyl (C=O) groups excluding carboxylic acids is 1. The molecule has 1 atom stereocenters. The predicted molar refractivity (Wildman–Crippen MR) is 82.3 cm³/mol. The lowest BCUT2D eigenvalue weighted by molar-refractivity contribution is -0.118. The minimum Gasteiger partial charge on any atom is -0.492 e. The molecule has 1 amide bonds. The Bertz CT molecular complexity index is 584. The number of benzene rings is 2. The molecule has 110 valence electrons. The van der Waals surface area contributed by atoms with E-state index in [4.69, 9.17) is 4.74 Å². The lowest BCUT2D eigenvalue weighted by Crippen LogP contribution is -2.16. The molecule has 0 fully saturated rings. The highest BCUT2D eigenvalue weighted by molar-refractivity contribution is 5.92. The summed E-state index contributed by atoms with van der Waals surface area (Å²) >= 11 is 0. The molecule has 0 aliphatic rings. The molecule has 21 heavy (non-hydrogen) atoms. The quantitative estimate of drug-likeness (QED) is 0.857. The van der Waals surface area contributed by atoms with Gasteiger partial charge in [-0.15, -0.1) is 0 Å². The van der Waals surface area contributed by atoms with Crippen LogP contribution >= 0.6 is 0 Å². The van der Waals surface area contributed by atoms with Gasteiger partial charge in [0, 0.05) is 0 Å². The summed E-state index contributed by atoms with van der Waals surface area (Å²) in [6.07, 6.45) is -0.810. The Labute approximate surface area is 124 Å². The highest BCUT2D eigenvalue weighted by atomic mass is 16.5. The van der Waals surface area contributed by atoms with Crippen LogP contribution in [0.3, 0.4) is 0 Å². The summed E-state index contributed by atoms with van der Waals surface area (Å²) in [5.41, 5.74) is 1.34. The Kier molecular flexibility index (Phi) is 5.35. The molecule has 0 saturated heterocycles. The zero-order valence-corrected chi connectivity index (χ0v) is 12.0. The van der Waals surface area contributed by atoms with Crippen molar-refractivity contribution in [2.24, 2.45) is 0 Å². The van der Waals surface area contributed by atoms with Gasteiger partial charge in [0.2, 0.25) is 5.91 Å². The van der Waals surface area contributed by atoms with E-state index < -0.39 is 6.10 Å². The SMILES string of the molecule is CCOc1ccccc1NC(=O)CC(O)c1ccccc1. The van der Waals surface area contributed by atoms with Crippen molar-refractivity contribution >= 4 is 11.6 Å². The average Bonchev–Trinajstić information content (AvgIpc) is 2.50. The van der Waals surface area contributed by atoms with Crippen LogP contribution in [0.2, 0.25) is 0 Å². The van der Waals surface area contributed by atoms with Crippen LogP contribution in [0.25, 0.3) is 0 Å². The van der Waals surface area contributed by atoms with E-state index in [1.165, 1.54) is 0 Å². The van der Waals surface area contributed by atoms with E-state index in [0.717, 1.165) is 5.56 Å². The largest absolute Gasteiger partial charge is 0.492 e. The van der Waals surface area contributed by atoms with E-state index in [1.807, 2.05) is 37.3 Å². The number of carbonyl (C=O) groups is 1. The Morgan fingerprint density at radius 3 is 2.52 bits per heavy atom. The van der Waals surface area contributed by atoms with E-state index in [2.05, 4.69) is 5.32 Å². The molecule has 2 rings (SSSR count). The second kappa shape index (κ2) is 7.45. The van der Waals surface area contributed by atoms with Crippen molar-refractivity contribution in [2.75, 3.05) is 11.9 Å². The maximum Gasteiger partial charge on any atom is 0.227 e. The molecular weight excluding hydrogens is 266 g/mol. The normalized spacial score (nSPS) is 11.7. The first kappa shape index (κ1) is 15.1. The van der Waals surface area contributed by atoms with E-state index in [1.54, 1.807) is 24.3 Å². The number of hydrogen-bond acceptors (Lipinski definition) is 3. The van der Waals surface area contributed by atoms with Crippen LogP contribution in [0.15, 0.2) is 54.6 Å². The Balaban J connectivity index is 1.99. The molecule has 1 unspecified atom stereocenters. The van der Waals surface area contributed by atoms with Gasteiger partial charge in [0.15, 0.2) is 0 Å². The summed E-state index contributed by atoms with van der Waals surface area (Å²) in [5, 5.41) is 12.8. The second-order valence-electron chi connectivity index (χ2n) is 4.61. The van der Waals surface area contributed by atoms with Crippen LogP contribution in [0, 0.1) is 0 Å². The monoisotopic (exact) mass is 285 g/mol. The fourth-order valence-electron chi connectivity index (χ4n) is 2.02. The van der Waals surface area contributed by atoms with Gasteiger partial charge in [-0.25, -0.2) is 0 Å². The third-order valence-corrected chi connectivity index (χ3v) is 3.02. The highest BCUT2D eigenvalue weighted by Crippen LogP contribution is 2.25. The number of amides is 1. The topological polar surface area (TPSA) is 58.6 Å². The zero-order chi connectivity index (χ0) is 15.1. The summed E-state index contributed by atoms with van der Waals surface area (Å²) in [7, 11) is 0. The number of hydrogen-bond donors (Lipinski definition) is 2. The maximum atomic E-state index is 12.0. The molecule has 2 aromatic carbocycles. The number of aliphatic hydroxyl groups excluding tert-OH is 1. The lowest BCUT2D eigenvalue weighted by Gasteiger charge is -2.13. The molecule has 0 aliphatic heterocycles. The fourth-order valence-corrected chi connectivity index (χ4v) is 2.02. The Morgan fingerprint density at radius 2 is 1.81 bits per heavy atom. The summed E-state index contributed by atoms with van der Waals surface area (Å²) in [6, 6.07) is 16.4. The summed E-state index contributed by atoms with van der Waals surface area (Å²) in [5.74, 6) is 0.376. The van der Waals surface area contributed by atoms with Crippen LogP contribution in [0.1, 0.15) is 25.0 Å². The minimum atomic E-state index is -0.814. The smallest absolute Gasteiger partial charge is 0.227 e. The van der Waals surface area contributed by atoms with Crippen molar-refractivity contribution in [3.8, 4) is 5.75 Å². The van der Waals surface area contributed by atoms with Crippen molar-refractivity contribution in [3.05, 3.63) is 60.2 Å². The van der Waals surface area contributed by atoms with Gasteiger partial charge in [-0.05, 0) is 24.6 Å². The van der Waals surface area contributed by atoms with Gasteiger partial charge in [0.1, 0.15) is 5.75 Å². The first-order valence-electron chi connectivity index (χ1n) is 6.95. The van der Waals surface area contributed by atoms with E-state index in [9.17, 15) is 9.90 Å². The van der Waals surface area contributed by atoms with Gasteiger partial charge in [-0.3, -0.25) is 4.79 Å². The first-order chi connectivity index (χ1) is 10.2. The number of para-hydroxylation sites is 2. The van der Waals surface area contributed by atoms with Gasteiger partial charge in [-0.1, -0.05) is 42.5 Å². The standard InChI is InChI=1S/C17H19NO3/c1-2-21-16-11-7-6-10-14(16)18-17(20)12-15(19)13-8-4-3-5-9-13/h3-11,15,19H,2,12H2,1H3,(H,18,20). The Hall–Kier alpha value is -2.33. The molecule has 0 heterocycles. The van der Waals surface area contributed by atoms with Crippen molar-refractivity contribution in [3.63, 3.8) is 0 Å². The minimum absolute atomic E-state index is 0.00444. The van der Waals surface area contributed by atoms with E-state index >= 15 is 0 Å². The third kappa shape index (κ3) is 4.33. The van der Waals surface area contributed by atoms with Crippen LogP contribution in [0.5, 0.6) is 5.75 Å². The van der Waals surface area contributed by atoms with Crippen molar-refractivity contribution in [1.82, 2.24) is 0 Å². The molecule has 0 bridgehead atoms. The molecule has 0 radical (unpaired) electrons. The molecule has 0 saturated carbocycles. The maximum absolute atomic E-state index is 12.0. The molecule has 0 aromatic heterocycles. The van der Waals surface area contributed by atoms with Gasteiger partial charge < -0.3 is 15.2 Å². The van der Waals surface area contributed by atoms with Crippen LogP contribution in [-0.4, -0.2) is 17.6 Å². The van der Waals surface area contributed by atoms with Crippen LogP contribution in [0.4, 0.5) is 5.69 Å². The second-order valence-corrected chi connectivity index (χ2v) is 4.61. The summed E-state index contributed by atoms with van der Waals surface area (Å²) < 4.78 is 5.45. The zero-order valence-electron chi connectivity index (χ0n) is 12.0. The van der Waals surface area contributed by atoms with Gasteiger partial charge >= 0.3 is 0 Å². The Morgan fingerprint density at radius 1 is 1.14 bits per heavy atom. The number of nitrogens with one attached hydrogen (secondary N) is 1. The number of aliphatic hydroxyl groups is 1. The predicted octanol–water partition coefficient (Wildman–Crippen LogP) is 3.15. The first-order valence-corrected chi connectivity index (χ1v) is 6.95. The number of rotatable bonds is 6. The molecule has 2 N–H and O–H groups in total. The van der Waals surface area contributed by atoms with Gasteiger partial charge in [0.25, 0.3) is 0 Å². The lowest BCUT2D eigenvalue weighted by atomic mass is 10.1. The molecule has 2 aromatic rings. The summed E-state index contributed by atoms with van der Waals surface area (Å²) in [6.45, 7) is 2.41. The molecular formula is C17H19NO3. The molecule has 0 aliphatic carbocycles. The van der Waals surface area contributed by atoms with E-state index in [0.29, 0.717) is 18.0 Å². The summed E-state index contributed by atoms with van der Waals surface area (Å²) in [4.78, 5) is 12.0. The highest BCUT2D eigenvalue weighted by Gasteiger charge is 2.14. The number of ether oxygens (including phenoxy) is 1.